The smallest absolute Gasteiger partial charge is 0.320 e. The van der Waals surface area contributed by atoms with E-state index in [2.05, 4.69) is 0 Å². The van der Waals surface area contributed by atoms with Gasteiger partial charge < -0.3 is 15.9 Å². The summed E-state index contributed by atoms with van der Waals surface area (Å²) in [5, 5.41) is 17.8. The Balaban J connectivity index is 2.74. The number of hydrogen-bond acceptors (Lipinski definition) is 3. The molecule has 0 aromatic heterocycles. The number of phenolic OH excluding ortho intramolecular Hbond substituents is 1. The van der Waals surface area contributed by atoms with Crippen LogP contribution < -0.4 is 5.73 Å². The van der Waals surface area contributed by atoms with Crippen molar-refractivity contribution in [2.45, 2.75) is 12.5 Å². The van der Waals surface area contributed by atoms with E-state index in [1.54, 1.807) is 18.2 Å². The van der Waals surface area contributed by atoms with E-state index in [0.717, 1.165) is 0 Å². The molecule has 0 aliphatic carbocycles. The van der Waals surface area contributed by atoms with Crippen molar-refractivity contribution in [2.75, 3.05) is 0 Å². The van der Waals surface area contributed by atoms with Crippen LogP contribution in [0.2, 0.25) is 0 Å². The van der Waals surface area contributed by atoms with Gasteiger partial charge in [0.15, 0.2) is 0 Å². The SMILES string of the molecule is N[C@@H](Cc1ccccc1O)C(=O)O. The van der Waals surface area contributed by atoms with E-state index < -0.39 is 12.0 Å². The average Bonchev–Trinajstić information content (AvgIpc) is 2.08. The van der Waals surface area contributed by atoms with Gasteiger partial charge in [0, 0.05) is 6.42 Å². The van der Waals surface area contributed by atoms with Crippen molar-refractivity contribution in [3.8, 4) is 5.75 Å². The lowest BCUT2D eigenvalue weighted by Crippen LogP contribution is -2.32. The third-order valence-electron chi connectivity index (χ3n) is 1.75. The summed E-state index contributed by atoms with van der Waals surface area (Å²) in [6, 6.07) is 5.59. The van der Waals surface area contributed by atoms with Crippen molar-refractivity contribution in [1.82, 2.24) is 0 Å². The van der Waals surface area contributed by atoms with E-state index >= 15 is 0 Å². The van der Waals surface area contributed by atoms with E-state index in [1.807, 2.05) is 0 Å². The van der Waals surface area contributed by atoms with Crippen molar-refractivity contribution in [1.29, 1.82) is 0 Å². The molecule has 70 valence electrons. The van der Waals surface area contributed by atoms with E-state index in [1.165, 1.54) is 6.07 Å². The summed E-state index contributed by atoms with van der Waals surface area (Å²) in [6.07, 6.45) is 0.141. The molecule has 0 aliphatic rings. The van der Waals surface area contributed by atoms with Gasteiger partial charge in [-0.3, -0.25) is 4.79 Å². The molecule has 1 atom stereocenters. The van der Waals surface area contributed by atoms with E-state index in [9.17, 15) is 9.90 Å². The van der Waals surface area contributed by atoms with E-state index in [-0.39, 0.29) is 12.2 Å². The van der Waals surface area contributed by atoms with Crippen molar-refractivity contribution < 1.29 is 15.0 Å². The second kappa shape index (κ2) is 3.91. The number of aliphatic carboxylic acids is 1. The monoisotopic (exact) mass is 181 g/mol. The van der Waals surface area contributed by atoms with Crippen LogP contribution in [-0.2, 0) is 11.2 Å². The quantitative estimate of drug-likeness (QED) is 0.628. The summed E-state index contributed by atoms with van der Waals surface area (Å²) in [6.45, 7) is 0. The highest BCUT2D eigenvalue weighted by Crippen LogP contribution is 2.16. The van der Waals surface area contributed by atoms with Gasteiger partial charge in [-0.2, -0.15) is 0 Å². The number of carboxylic acids is 1. The molecule has 0 amide bonds. The summed E-state index contributed by atoms with van der Waals surface area (Å²) in [5.41, 5.74) is 5.86. The molecule has 4 heteroatoms. The minimum atomic E-state index is -1.07. The standard InChI is InChI=1S/C9H11NO3/c10-7(9(12)13)5-6-3-1-2-4-8(6)11/h1-4,7,11H,5,10H2,(H,12,13)/t7-/m0/s1. The maximum absolute atomic E-state index is 10.4. The van der Waals surface area contributed by atoms with Gasteiger partial charge in [0.2, 0.25) is 0 Å². The summed E-state index contributed by atoms with van der Waals surface area (Å²) in [4.78, 5) is 10.4. The maximum Gasteiger partial charge on any atom is 0.320 e. The molecular formula is C9H11NO3. The Morgan fingerprint density at radius 2 is 2.08 bits per heavy atom. The Morgan fingerprint density at radius 1 is 1.46 bits per heavy atom. The molecule has 1 aromatic carbocycles. The predicted molar refractivity (Wildman–Crippen MR) is 47.4 cm³/mol. The highest BCUT2D eigenvalue weighted by atomic mass is 16.4. The fourth-order valence-electron chi connectivity index (χ4n) is 1.01. The van der Waals surface area contributed by atoms with Crippen LogP contribution in [0.1, 0.15) is 5.56 Å². The molecule has 0 bridgehead atoms. The molecule has 1 aromatic rings. The highest BCUT2D eigenvalue weighted by Gasteiger charge is 2.13. The Bertz CT molecular complexity index is 311. The summed E-state index contributed by atoms with van der Waals surface area (Å²) >= 11 is 0. The fourth-order valence-corrected chi connectivity index (χ4v) is 1.01. The number of carboxylic acid groups (broad SMARTS) is 1. The van der Waals surface area contributed by atoms with Gasteiger partial charge in [0.1, 0.15) is 11.8 Å². The number of carbonyl (C=O) groups is 1. The van der Waals surface area contributed by atoms with Gasteiger partial charge in [-0.15, -0.1) is 0 Å². The number of benzene rings is 1. The zero-order valence-corrected chi connectivity index (χ0v) is 6.97. The van der Waals surface area contributed by atoms with Gasteiger partial charge in [0.25, 0.3) is 0 Å². The molecule has 0 saturated carbocycles. The van der Waals surface area contributed by atoms with Gasteiger partial charge in [-0.1, -0.05) is 18.2 Å². The number of nitrogens with two attached hydrogens (primary N) is 1. The zero-order valence-electron chi connectivity index (χ0n) is 6.97. The second-order valence-electron chi connectivity index (χ2n) is 2.78. The van der Waals surface area contributed by atoms with E-state index in [0.29, 0.717) is 5.56 Å². The van der Waals surface area contributed by atoms with Gasteiger partial charge >= 0.3 is 5.97 Å². The van der Waals surface area contributed by atoms with Crippen LogP contribution in [0.25, 0.3) is 0 Å². The first-order chi connectivity index (χ1) is 6.11. The minimum absolute atomic E-state index is 0.0826. The van der Waals surface area contributed by atoms with Gasteiger partial charge in [0.05, 0.1) is 0 Å². The van der Waals surface area contributed by atoms with Crippen molar-refractivity contribution in [3.63, 3.8) is 0 Å². The lowest BCUT2D eigenvalue weighted by atomic mass is 10.1. The molecule has 0 fully saturated rings. The topological polar surface area (TPSA) is 83.5 Å². The number of aromatic hydroxyl groups is 1. The number of para-hydroxylation sites is 1. The average molecular weight is 181 g/mol. The first-order valence-corrected chi connectivity index (χ1v) is 3.86. The first-order valence-electron chi connectivity index (χ1n) is 3.86. The normalized spacial score (nSPS) is 12.4. The predicted octanol–water partition coefficient (Wildman–Crippen LogP) is 0.347. The summed E-state index contributed by atoms with van der Waals surface area (Å²) in [7, 11) is 0. The van der Waals surface area contributed by atoms with Crippen LogP contribution in [0, 0.1) is 0 Å². The van der Waals surface area contributed by atoms with Crippen LogP contribution in [0.15, 0.2) is 24.3 Å². The molecule has 1 rings (SSSR count). The van der Waals surface area contributed by atoms with Crippen molar-refractivity contribution in [3.05, 3.63) is 29.8 Å². The molecule has 0 saturated heterocycles. The van der Waals surface area contributed by atoms with Crippen LogP contribution >= 0.6 is 0 Å². The molecule has 0 unspecified atom stereocenters. The highest BCUT2D eigenvalue weighted by molar-refractivity contribution is 5.73. The molecule has 0 heterocycles. The Hall–Kier alpha value is -1.55. The molecule has 0 aliphatic heterocycles. The lowest BCUT2D eigenvalue weighted by molar-refractivity contribution is -0.138. The van der Waals surface area contributed by atoms with E-state index in [4.69, 9.17) is 10.8 Å². The van der Waals surface area contributed by atoms with Crippen LogP contribution in [0.3, 0.4) is 0 Å². The molecule has 4 nitrogen and oxygen atoms in total. The molecule has 13 heavy (non-hydrogen) atoms. The Morgan fingerprint density at radius 3 is 2.62 bits per heavy atom. The molecule has 0 radical (unpaired) electrons. The number of rotatable bonds is 3. The Labute approximate surface area is 75.6 Å². The van der Waals surface area contributed by atoms with Gasteiger partial charge in [-0.05, 0) is 11.6 Å². The third-order valence-corrected chi connectivity index (χ3v) is 1.75. The zero-order chi connectivity index (χ0) is 9.84. The minimum Gasteiger partial charge on any atom is -0.508 e. The second-order valence-corrected chi connectivity index (χ2v) is 2.78. The summed E-state index contributed by atoms with van der Waals surface area (Å²) in [5.74, 6) is -0.984. The van der Waals surface area contributed by atoms with Crippen LogP contribution in [0.4, 0.5) is 0 Å². The first kappa shape index (κ1) is 9.54. The Kier molecular flexibility index (Phi) is 2.87. The van der Waals surface area contributed by atoms with Crippen LogP contribution in [0.5, 0.6) is 5.75 Å². The van der Waals surface area contributed by atoms with Crippen molar-refractivity contribution in [2.24, 2.45) is 5.73 Å². The molecule has 0 spiro atoms. The molecule has 4 N–H and O–H groups in total. The third kappa shape index (κ3) is 2.45. The summed E-state index contributed by atoms with van der Waals surface area (Å²) < 4.78 is 0. The van der Waals surface area contributed by atoms with Crippen molar-refractivity contribution >= 4 is 5.97 Å². The molecular weight excluding hydrogens is 170 g/mol. The largest absolute Gasteiger partial charge is 0.508 e. The maximum atomic E-state index is 10.4. The van der Waals surface area contributed by atoms with Crippen LogP contribution in [-0.4, -0.2) is 22.2 Å². The lowest BCUT2D eigenvalue weighted by Gasteiger charge is -2.07. The number of phenols is 1. The van der Waals surface area contributed by atoms with Gasteiger partial charge in [-0.25, -0.2) is 0 Å². The number of hydrogen-bond donors (Lipinski definition) is 3. The fraction of sp³-hybridized carbons (Fsp3) is 0.222.